The van der Waals surface area contributed by atoms with E-state index in [4.69, 9.17) is 20.4 Å². The molecule has 1 aliphatic rings. The van der Waals surface area contributed by atoms with Crippen LogP contribution in [0.5, 0.6) is 0 Å². The Morgan fingerprint density at radius 1 is 1.07 bits per heavy atom. The highest BCUT2D eigenvalue weighted by Gasteiger charge is 2.30. The van der Waals surface area contributed by atoms with Gasteiger partial charge in [0.2, 0.25) is 0 Å². The molecule has 4 heterocycles. The molecule has 4 aromatic rings. The molecule has 1 fully saturated rings. The molecule has 1 aromatic carbocycles. The normalized spacial score (nSPS) is 15.6. The highest BCUT2D eigenvalue weighted by molar-refractivity contribution is 5.82. The number of carbonyl (C=O) groups is 1. The van der Waals surface area contributed by atoms with Crippen molar-refractivity contribution in [2.75, 3.05) is 31.9 Å². The summed E-state index contributed by atoms with van der Waals surface area (Å²) in [6.45, 7) is 12.3. The van der Waals surface area contributed by atoms with E-state index in [9.17, 15) is 4.79 Å². The predicted molar refractivity (Wildman–Crippen MR) is 157 cm³/mol. The first-order valence-electron chi connectivity index (χ1n) is 13.5. The zero-order chi connectivity index (χ0) is 28.3. The number of hydrogen-bond acceptors (Lipinski definition) is 8. The lowest BCUT2D eigenvalue weighted by Crippen LogP contribution is -2.55. The summed E-state index contributed by atoms with van der Waals surface area (Å²) in [4.78, 5) is 29.1. The number of amides is 1. The van der Waals surface area contributed by atoms with Gasteiger partial charge in [0, 0.05) is 37.9 Å². The van der Waals surface area contributed by atoms with Crippen LogP contribution in [0.1, 0.15) is 33.4 Å². The number of rotatable bonds is 7. The molecule has 0 radical (unpaired) electrons. The van der Waals surface area contributed by atoms with E-state index in [-0.39, 0.29) is 6.17 Å². The first-order valence-corrected chi connectivity index (χ1v) is 13.5. The van der Waals surface area contributed by atoms with Crippen LogP contribution in [0, 0.1) is 0 Å². The third-order valence-electron chi connectivity index (χ3n) is 6.75. The minimum absolute atomic E-state index is 0.126. The van der Waals surface area contributed by atoms with Crippen molar-refractivity contribution in [3.05, 3.63) is 73.4 Å². The van der Waals surface area contributed by atoms with Gasteiger partial charge in [-0.15, -0.1) is 6.58 Å². The van der Waals surface area contributed by atoms with Crippen molar-refractivity contribution in [3.63, 3.8) is 0 Å². The molecular weight excluding hydrogens is 504 g/mol. The fourth-order valence-electron chi connectivity index (χ4n) is 4.95. The number of fused-ring (bicyclic) bond motifs is 1. The third kappa shape index (κ3) is 5.98. The maximum Gasteiger partial charge on any atom is 0.422 e. The Labute approximate surface area is 234 Å². The molecule has 10 heteroatoms. The highest BCUT2D eigenvalue weighted by Crippen LogP contribution is 2.34. The summed E-state index contributed by atoms with van der Waals surface area (Å²) in [6.07, 6.45) is 3.68. The summed E-state index contributed by atoms with van der Waals surface area (Å²) in [5.74, 6) is 1.12. The van der Waals surface area contributed by atoms with Gasteiger partial charge >= 0.3 is 6.09 Å². The Bertz CT molecular complexity index is 1490. The average Bonchev–Trinajstić information content (AvgIpc) is 3.30. The van der Waals surface area contributed by atoms with E-state index < -0.39 is 11.7 Å². The number of benzene rings is 1. The minimum atomic E-state index is -0.556. The summed E-state index contributed by atoms with van der Waals surface area (Å²) in [5, 5.41) is 1.90. The molecule has 0 spiro atoms. The zero-order valence-electron chi connectivity index (χ0n) is 23.2. The number of anilines is 1. The van der Waals surface area contributed by atoms with Crippen molar-refractivity contribution in [1.29, 1.82) is 0 Å². The number of carbonyl (C=O) groups excluding carboxylic acids is 1. The highest BCUT2D eigenvalue weighted by atomic mass is 16.6. The minimum Gasteiger partial charge on any atom is -0.443 e. The number of nitrogens with zero attached hydrogens (tertiary/aromatic N) is 6. The van der Waals surface area contributed by atoms with Crippen LogP contribution in [0.3, 0.4) is 0 Å². The van der Waals surface area contributed by atoms with Crippen LogP contribution >= 0.6 is 0 Å². The molecule has 40 heavy (non-hydrogen) atoms. The summed E-state index contributed by atoms with van der Waals surface area (Å²) < 4.78 is 7.59. The van der Waals surface area contributed by atoms with Crippen molar-refractivity contribution in [1.82, 2.24) is 34.9 Å². The number of hydrogen-bond donors (Lipinski definition) is 2. The van der Waals surface area contributed by atoms with E-state index in [0.29, 0.717) is 44.2 Å². The van der Waals surface area contributed by atoms with Gasteiger partial charge in [0.15, 0.2) is 5.65 Å². The molecule has 0 saturated carbocycles. The van der Waals surface area contributed by atoms with Gasteiger partial charge in [0.25, 0.3) is 0 Å². The van der Waals surface area contributed by atoms with E-state index in [2.05, 4.69) is 26.5 Å². The lowest BCUT2D eigenvalue weighted by Gasteiger charge is -2.40. The van der Waals surface area contributed by atoms with Crippen LogP contribution in [-0.2, 0) is 4.74 Å². The van der Waals surface area contributed by atoms with Gasteiger partial charge in [-0.25, -0.2) is 24.8 Å². The smallest absolute Gasteiger partial charge is 0.422 e. The quantitative estimate of drug-likeness (QED) is 0.319. The van der Waals surface area contributed by atoms with Crippen molar-refractivity contribution in [3.8, 4) is 22.6 Å². The molecule has 3 N–H and O–H groups in total. The first-order chi connectivity index (χ1) is 19.2. The Balaban J connectivity index is 1.51. The van der Waals surface area contributed by atoms with E-state index in [1.54, 1.807) is 6.20 Å². The maximum atomic E-state index is 12.3. The monoisotopic (exact) mass is 540 g/mol. The van der Waals surface area contributed by atoms with Gasteiger partial charge in [-0.1, -0.05) is 36.4 Å². The zero-order valence-corrected chi connectivity index (χ0v) is 23.2. The Morgan fingerprint density at radius 2 is 1.82 bits per heavy atom. The van der Waals surface area contributed by atoms with Gasteiger partial charge in [0.05, 0.1) is 17.4 Å². The number of ether oxygens (including phenoxy) is 1. The molecule has 0 bridgehead atoms. The lowest BCUT2D eigenvalue weighted by molar-refractivity contribution is 0.0110. The number of hydrazine groups is 1. The first kappa shape index (κ1) is 27.3. The van der Waals surface area contributed by atoms with Crippen molar-refractivity contribution < 1.29 is 9.53 Å². The van der Waals surface area contributed by atoms with Gasteiger partial charge in [-0.3, -0.25) is 14.9 Å². The van der Waals surface area contributed by atoms with Gasteiger partial charge in [-0.05, 0) is 51.5 Å². The molecule has 3 aromatic heterocycles. The van der Waals surface area contributed by atoms with E-state index in [1.807, 2.05) is 86.5 Å². The van der Waals surface area contributed by atoms with Crippen LogP contribution < -0.4 is 11.2 Å². The fourth-order valence-corrected chi connectivity index (χ4v) is 4.95. The number of nitrogens with one attached hydrogen (secondary N) is 1. The van der Waals surface area contributed by atoms with E-state index >= 15 is 0 Å². The van der Waals surface area contributed by atoms with Crippen molar-refractivity contribution in [2.24, 2.45) is 0 Å². The molecular formula is C30H36N8O2. The predicted octanol–water partition coefficient (Wildman–Crippen LogP) is 4.87. The molecule has 1 atom stereocenters. The second-order valence-corrected chi connectivity index (χ2v) is 10.8. The van der Waals surface area contributed by atoms with E-state index in [1.165, 1.54) is 0 Å². The topological polar surface area (TPSA) is 114 Å². The summed E-state index contributed by atoms with van der Waals surface area (Å²) in [5.41, 5.74) is 12.8. The van der Waals surface area contributed by atoms with Crippen LogP contribution in [-0.4, -0.2) is 67.3 Å². The molecule has 208 valence electrons. The van der Waals surface area contributed by atoms with Crippen molar-refractivity contribution >= 4 is 23.1 Å². The molecule has 1 aliphatic heterocycles. The molecule has 1 saturated heterocycles. The number of imidazole rings is 1. The Hall–Kier alpha value is -4.28. The molecule has 1 unspecified atom stereocenters. The number of pyridine rings is 2. The SMILES string of the molecule is C=CCC(N1CCN(NC(=O)OC(C)(C)C)CC1)n1c(-c2cccnc2N)nc2ccc(-c3ccccc3)nc21. The van der Waals surface area contributed by atoms with E-state index in [0.717, 1.165) is 28.0 Å². The standard InChI is InChI=1S/C30H36N8O2/c1-5-10-25(36-17-19-37(20-18-36)35-29(39)40-30(2,3)4)38-27(22-13-9-16-32-26(22)31)34-24-15-14-23(33-28(24)38)21-11-7-6-8-12-21/h5-9,11-16,25H,1,10,17-20H2,2-4H3,(H2,31,32)(H,35,39). The second-order valence-electron chi connectivity index (χ2n) is 10.8. The molecule has 10 nitrogen and oxygen atoms in total. The lowest BCUT2D eigenvalue weighted by atomic mass is 10.1. The Morgan fingerprint density at radius 3 is 2.50 bits per heavy atom. The number of piperazine rings is 1. The molecule has 5 rings (SSSR count). The summed E-state index contributed by atoms with van der Waals surface area (Å²) >= 11 is 0. The van der Waals surface area contributed by atoms with Gasteiger partial charge in [0.1, 0.15) is 22.8 Å². The van der Waals surface area contributed by atoms with Crippen molar-refractivity contribution in [2.45, 2.75) is 39.0 Å². The van der Waals surface area contributed by atoms with Gasteiger partial charge < -0.3 is 10.5 Å². The fraction of sp³-hybridized carbons (Fsp3) is 0.333. The van der Waals surface area contributed by atoms with Crippen LogP contribution in [0.2, 0.25) is 0 Å². The maximum absolute atomic E-state index is 12.3. The molecule has 0 aliphatic carbocycles. The largest absolute Gasteiger partial charge is 0.443 e. The number of aromatic nitrogens is 4. The van der Waals surface area contributed by atoms with Gasteiger partial charge in [-0.2, -0.15) is 0 Å². The third-order valence-corrected chi connectivity index (χ3v) is 6.75. The number of nitrogen functional groups attached to an aromatic ring is 1. The molecule has 1 amide bonds. The van der Waals surface area contributed by atoms with Crippen LogP contribution in [0.25, 0.3) is 33.8 Å². The number of nitrogens with two attached hydrogens (primary N) is 1. The van der Waals surface area contributed by atoms with Crippen LogP contribution in [0.15, 0.2) is 73.4 Å². The second kappa shape index (κ2) is 11.4. The summed E-state index contributed by atoms with van der Waals surface area (Å²) in [6, 6.07) is 17.9. The average molecular weight is 541 g/mol. The Kier molecular flexibility index (Phi) is 7.81. The van der Waals surface area contributed by atoms with Crippen LogP contribution in [0.4, 0.5) is 10.6 Å². The summed E-state index contributed by atoms with van der Waals surface area (Å²) in [7, 11) is 0.